The highest BCUT2D eigenvalue weighted by Crippen LogP contribution is 2.27. The van der Waals surface area contributed by atoms with Crippen LogP contribution >= 0.6 is 22.9 Å². The first kappa shape index (κ1) is 15.3. The van der Waals surface area contributed by atoms with E-state index in [1.807, 2.05) is 0 Å². The molecule has 0 spiro atoms. The second-order valence-electron chi connectivity index (χ2n) is 5.18. The van der Waals surface area contributed by atoms with Crippen LogP contribution in [0.4, 0.5) is 0 Å². The smallest absolute Gasteiger partial charge is 0.300 e. The summed E-state index contributed by atoms with van der Waals surface area (Å²) in [5.41, 5.74) is -0.0710. The van der Waals surface area contributed by atoms with E-state index in [0.29, 0.717) is 39.6 Å². The molecule has 0 aliphatic carbocycles. The number of halogens is 1. The molecule has 6 heteroatoms. The van der Waals surface area contributed by atoms with Gasteiger partial charge in [-0.1, -0.05) is 38.8 Å². The molecule has 0 saturated heterocycles. The zero-order valence-corrected chi connectivity index (χ0v) is 13.6. The van der Waals surface area contributed by atoms with Gasteiger partial charge in [0.05, 0.1) is 16.3 Å². The predicted molar refractivity (Wildman–Crippen MR) is 84.1 cm³/mol. The van der Waals surface area contributed by atoms with Crippen LogP contribution in [0.1, 0.15) is 33.6 Å². The van der Waals surface area contributed by atoms with Crippen molar-refractivity contribution in [2.45, 2.75) is 40.2 Å². The van der Waals surface area contributed by atoms with Crippen LogP contribution in [0.3, 0.4) is 0 Å². The summed E-state index contributed by atoms with van der Waals surface area (Å²) >= 11 is 7.29. The molecule has 0 N–H and O–H groups in total. The van der Waals surface area contributed by atoms with Gasteiger partial charge in [-0.05, 0) is 18.4 Å². The number of nitrogens with zero attached hydrogens (tertiary/aromatic N) is 2. The molecule has 4 nitrogen and oxygen atoms in total. The molecule has 0 saturated carbocycles. The Morgan fingerprint density at radius 1 is 1.50 bits per heavy atom. The van der Waals surface area contributed by atoms with Gasteiger partial charge < -0.3 is 4.74 Å². The fourth-order valence-electron chi connectivity index (χ4n) is 1.91. The molecule has 0 aromatic carbocycles. The van der Waals surface area contributed by atoms with Crippen LogP contribution in [0.15, 0.2) is 10.9 Å². The predicted octanol–water partition coefficient (Wildman–Crippen LogP) is 3.95. The van der Waals surface area contributed by atoms with E-state index in [1.54, 1.807) is 10.6 Å². The molecule has 0 aliphatic rings. The molecule has 2 aromatic rings. The fraction of sp³-hybridized carbons (Fsp3) is 0.571. The van der Waals surface area contributed by atoms with Gasteiger partial charge in [-0.2, -0.15) is 4.98 Å². The van der Waals surface area contributed by atoms with E-state index in [2.05, 4.69) is 25.8 Å². The highest BCUT2D eigenvalue weighted by molar-refractivity contribution is 7.22. The summed E-state index contributed by atoms with van der Waals surface area (Å²) in [6, 6.07) is 2.09. The second-order valence-corrected chi connectivity index (χ2v) is 6.84. The molecule has 20 heavy (non-hydrogen) atoms. The highest BCUT2D eigenvalue weighted by Gasteiger charge is 2.15. The standard InChI is InChI=1S/C14H19ClN2O2S/c1-4-5-6-19-14-16-12-10(7-11(15)20-12)13(18)17(14)8-9(2)3/h7,9H,4-6,8H2,1-3H3. The molecule has 0 atom stereocenters. The van der Waals surface area contributed by atoms with E-state index in [-0.39, 0.29) is 5.56 Å². The van der Waals surface area contributed by atoms with Crippen LogP contribution in [0.25, 0.3) is 10.2 Å². The molecule has 0 bridgehead atoms. The number of hydrogen-bond acceptors (Lipinski definition) is 4. The molecule has 0 aliphatic heterocycles. The van der Waals surface area contributed by atoms with Crippen molar-refractivity contribution in [3.63, 3.8) is 0 Å². The zero-order chi connectivity index (χ0) is 14.7. The van der Waals surface area contributed by atoms with Gasteiger partial charge in [0, 0.05) is 6.54 Å². The third-order valence-corrected chi connectivity index (χ3v) is 4.02. The van der Waals surface area contributed by atoms with E-state index >= 15 is 0 Å². The summed E-state index contributed by atoms with van der Waals surface area (Å²) in [5.74, 6) is 0.342. The SMILES string of the molecule is CCCCOc1nc2sc(Cl)cc2c(=O)n1CC(C)C. The fourth-order valence-corrected chi connectivity index (χ4v) is 2.98. The number of thiophene rings is 1. The van der Waals surface area contributed by atoms with E-state index in [0.717, 1.165) is 12.8 Å². The van der Waals surface area contributed by atoms with Gasteiger partial charge in [-0.3, -0.25) is 9.36 Å². The first-order valence-electron chi connectivity index (χ1n) is 6.85. The number of aromatic nitrogens is 2. The number of ether oxygens (including phenoxy) is 1. The van der Waals surface area contributed by atoms with Crippen molar-refractivity contribution in [1.29, 1.82) is 0 Å². The molecule has 2 rings (SSSR count). The number of rotatable bonds is 6. The van der Waals surface area contributed by atoms with Crippen LogP contribution in [0.5, 0.6) is 6.01 Å². The monoisotopic (exact) mass is 314 g/mol. The largest absolute Gasteiger partial charge is 0.465 e. The number of unbranched alkanes of at least 4 members (excludes halogenated alkanes) is 1. The molecule has 2 aromatic heterocycles. The van der Waals surface area contributed by atoms with Crippen LogP contribution in [0.2, 0.25) is 4.34 Å². The summed E-state index contributed by atoms with van der Waals surface area (Å²) in [4.78, 5) is 17.6. The first-order valence-corrected chi connectivity index (χ1v) is 8.05. The summed E-state index contributed by atoms with van der Waals surface area (Å²) in [5, 5.41) is 0.573. The van der Waals surface area contributed by atoms with Gasteiger partial charge in [0.2, 0.25) is 0 Å². The Morgan fingerprint density at radius 3 is 2.90 bits per heavy atom. The Balaban J connectivity index is 2.48. The van der Waals surface area contributed by atoms with Crippen molar-refractivity contribution >= 4 is 33.2 Å². The summed E-state index contributed by atoms with van der Waals surface area (Å²) in [6.45, 7) is 7.39. The van der Waals surface area contributed by atoms with Gasteiger partial charge >= 0.3 is 6.01 Å². The molecule has 0 fully saturated rings. The van der Waals surface area contributed by atoms with Crippen LogP contribution in [0, 0.1) is 5.92 Å². The van der Waals surface area contributed by atoms with E-state index in [9.17, 15) is 4.79 Å². The van der Waals surface area contributed by atoms with Crippen molar-refractivity contribution in [3.8, 4) is 6.01 Å². The minimum Gasteiger partial charge on any atom is -0.465 e. The second kappa shape index (κ2) is 6.59. The van der Waals surface area contributed by atoms with Gasteiger partial charge in [0.15, 0.2) is 0 Å². The quantitative estimate of drug-likeness (QED) is 0.758. The van der Waals surface area contributed by atoms with Gasteiger partial charge in [-0.15, -0.1) is 11.3 Å². The molecule has 0 unspecified atom stereocenters. The maximum absolute atomic E-state index is 12.5. The Labute approximate surface area is 127 Å². The van der Waals surface area contributed by atoms with Crippen LogP contribution in [-0.4, -0.2) is 16.2 Å². The zero-order valence-electron chi connectivity index (χ0n) is 12.0. The average molecular weight is 315 g/mol. The minimum absolute atomic E-state index is 0.0710. The van der Waals surface area contributed by atoms with Gasteiger partial charge in [0.25, 0.3) is 5.56 Å². The van der Waals surface area contributed by atoms with Crippen molar-refractivity contribution in [1.82, 2.24) is 9.55 Å². The third kappa shape index (κ3) is 3.33. The molecular weight excluding hydrogens is 296 g/mol. The Morgan fingerprint density at radius 2 is 2.25 bits per heavy atom. The lowest BCUT2D eigenvalue weighted by atomic mass is 10.2. The normalized spacial score (nSPS) is 11.4. The minimum atomic E-state index is -0.0710. The van der Waals surface area contributed by atoms with E-state index < -0.39 is 0 Å². The highest BCUT2D eigenvalue weighted by atomic mass is 35.5. The Hall–Kier alpha value is -1.07. The Bertz CT molecular complexity index is 648. The average Bonchev–Trinajstić information content (AvgIpc) is 2.75. The van der Waals surface area contributed by atoms with Crippen molar-refractivity contribution < 1.29 is 4.74 Å². The van der Waals surface area contributed by atoms with Crippen LogP contribution in [-0.2, 0) is 6.54 Å². The maximum atomic E-state index is 12.5. The molecule has 110 valence electrons. The third-order valence-electron chi connectivity index (χ3n) is 2.86. The van der Waals surface area contributed by atoms with Crippen molar-refractivity contribution in [2.75, 3.05) is 6.61 Å². The van der Waals surface area contributed by atoms with E-state index in [1.165, 1.54) is 11.3 Å². The number of fused-ring (bicyclic) bond motifs is 1. The topological polar surface area (TPSA) is 44.1 Å². The van der Waals surface area contributed by atoms with Gasteiger partial charge in [0.1, 0.15) is 4.83 Å². The lowest BCUT2D eigenvalue weighted by molar-refractivity contribution is 0.261. The lowest BCUT2D eigenvalue weighted by Crippen LogP contribution is -2.25. The summed E-state index contributed by atoms with van der Waals surface area (Å²) < 4.78 is 7.88. The Kier molecular flexibility index (Phi) is 5.05. The lowest BCUT2D eigenvalue weighted by Gasteiger charge is -2.14. The van der Waals surface area contributed by atoms with Crippen molar-refractivity contribution in [2.24, 2.45) is 5.92 Å². The van der Waals surface area contributed by atoms with Crippen molar-refractivity contribution in [3.05, 3.63) is 20.8 Å². The van der Waals surface area contributed by atoms with Gasteiger partial charge in [-0.25, -0.2) is 0 Å². The molecular formula is C14H19ClN2O2S. The summed E-state index contributed by atoms with van der Waals surface area (Å²) in [7, 11) is 0. The molecule has 2 heterocycles. The molecule has 0 amide bonds. The summed E-state index contributed by atoms with van der Waals surface area (Å²) in [6.07, 6.45) is 1.99. The van der Waals surface area contributed by atoms with E-state index in [4.69, 9.17) is 16.3 Å². The maximum Gasteiger partial charge on any atom is 0.300 e. The number of hydrogen-bond donors (Lipinski definition) is 0. The molecule has 0 radical (unpaired) electrons. The first-order chi connectivity index (χ1) is 9.52. The van der Waals surface area contributed by atoms with Crippen LogP contribution < -0.4 is 10.3 Å².